The molecule has 6 nitrogen and oxygen atoms in total. The van der Waals surface area contributed by atoms with Gasteiger partial charge in [-0.3, -0.25) is 0 Å². The molecule has 1 fully saturated rings. The molecule has 0 aromatic heterocycles. The van der Waals surface area contributed by atoms with Crippen LogP contribution in [0.3, 0.4) is 0 Å². The van der Waals surface area contributed by atoms with E-state index in [4.69, 9.17) is 23.2 Å². The van der Waals surface area contributed by atoms with Gasteiger partial charge >= 0.3 is 0 Å². The lowest BCUT2D eigenvalue weighted by Gasteiger charge is -2.33. The number of aliphatic hydroxyl groups is 1. The fraction of sp³-hybridized carbons (Fsp3) is 0.647. The van der Waals surface area contributed by atoms with Crippen LogP contribution in [0.1, 0.15) is 46.5 Å². The van der Waals surface area contributed by atoms with E-state index in [9.17, 15) is 13.5 Å². The molecule has 0 heterocycles. The first kappa shape index (κ1) is 21.7. The van der Waals surface area contributed by atoms with Crippen molar-refractivity contribution in [1.29, 1.82) is 0 Å². The Hall–Kier alpha value is -0.570. The second-order valence-electron chi connectivity index (χ2n) is 7.68. The largest absolute Gasteiger partial charge is 0.377 e. The molecule has 4 N–H and O–H groups in total. The summed E-state index contributed by atoms with van der Waals surface area (Å²) in [5.41, 5.74) is 6.39. The fourth-order valence-electron chi connectivity index (χ4n) is 2.81. The molecule has 0 bridgehead atoms. The molecule has 0 saturated heterocycles. The van der Waals surface area contributed by atoms with Gasteiger partial charge in [-0.25, -0.2) is 18.6 Å². The van der Waals surface area contributed by atoms with Crippen molar-refractivity contribution in [3.8, 4) is 0 Å². The molecule has 148 valence electrons. The second-order valence-corrected chi connectivity index (χ2v) is 11.0. The number of rotatable bonds is 6. The highest BCUT2D eigenvalue weighted by atomic mass is 35.5. The van der Waals surface area contributed by atoms with Gasteiger partial charge in [-0.2, -0.15) is 0 Å². The Morgan fingerprint density at radius 3 is 2.31 bits per heavy atom. The molecule has 0 spiro atoms. The third-order valence-electron chi connectivity index (χ3n) is 4.63. The number of hydrogen-bond acceptors (Lipinski definition) is 5. The van der Waals surface area contributed by atoms with Gasteiger partial charge in [0.05, 0.1) is 15.5 Å². The monoisotopic (exact) mass is 423 g/mol. The minimum absolute atomic E-state index is 0.0315. The predicted molar refractivity (Wildman–Crippen MR) is 107 cm³/mol. The normalized spacial score (nSPS) is 22.8. The summed E-state index contributed by atoms with van der Waals surface area (Å²) in [5.74, 6) is 0.0315. The van der Waals surface area contributed by atoms with Gasteiger partial charge in [0.25, 0.3) is 0 Å². The highest BCUT2D eigenvalue weighted by Gasteiger charge is 2.34. The summed E-state index contributed by atoms with van der Waals surface area (Å²) < 4.78 is 26.5. The molecule has 1 aromatic carbocycles. The van der Waals surface area contributed by atoms with Gasteiger partial charge in [0, 0.05) is 11.1 Å². The van der Waals surface area contributed by atoms with E-state index >= 15 is 0 Å². The van der Waals surface area contributed by atoms with Crippen molar-refractivity contribution in [3.63, 3.8) is 0 Å². The number of aliphatic hydroxyl groups excluding tert-OH is 1. The van der Waals surface area contributed by atoms with Crippen LogP contribution in [0, 0.1) is 5.92 Å². The zero-order valence-electron chi connectivity index (χ0n) is 15.2. The van der Waals surface area contributed by atoms with Gasteiger partial charge in [-0.05, 0) is 70.6 Å². The van der Waals surface area contributed by atoms with Crippen LogP contribution in [0.15, 0.2) is 18.2 Å². The van der Waals surface area contributed by atoms with E-state index < -0.39 is 21.0 Å². The van der Waals surface area contributed by atoms with E-state index in [1.54, 1.807) is 39.0 Å². The molecule has 1 unspecified atom stereocenters. The minimum atomic E-state index is -3.36. The molecule has 9 heteroatoms. The maximum atomic E-state index is 12.2. The summed E-state index contributed by atoms with van der Waals surface area (Å²) in [6, 6.07) is 4.96. The topological polar surface area (TPSA) is 90.5 Å². The molecule has 1 aliphatic rings. The van der Waals surface area contributed by atoms with Crippen LogP contribution in [0.25, 0.3) is 0 Å². The number of nitrogens with one attached hydrogen (secondary N) is 3. The van der Waals surface area contributed by atoms with E-state index in [1.807, 2.05) is 0 Å². The Kier molecular flexibility index (Phi) is 7.21. The van der Waals surface area contributed by atoms with E-state index in [2.05, 4.69) is 15.6 Å². The van der Waals surface area contributed by atoms with Gasteiger partial charge in [0.15, 0.2) is 0 Å². The van der Waals surface area contributed by atoms with Gasteiger partial charge in [0.1, 0.15) is 6.23 Å². The molecule has 1 atom stereocenters. The van der Waals surface area contributed by atoms with E-state index in [1.165, 1.54) is 0 Å². The minimum Gasteiger partial charge on any atom is -0.377 e. The molecule has 0 amide bonds. The summed E-state index contributed by atoms with van der Waals surface area (Å²) in [6.07, 6.45) is 2.08. The zero-order valence-corrected chi connectivity index (χ0v) is 17.5. The lowest BCUT2D eigenvalue weighted by Crippen LogP contribution is -2.48. The Labute approximate surface area is 165 Å². The Morgan fingerprint density at radius 2 is 1.77 bits per heavy atom. The average Bonchev–Trinajstić information content (AvgIpc) is 2.53. The van der Waals surface area contributed by atoms with Crippen LogP contribution in [0.2, 0.25) is 10.0 Å². The van der Waals surface area contributed by atoms with Crippen LogP contribution in [-0.2, 0) is 10.0 Å². The van der Waals surface area contributed by atoms with Crippen molar-refractivity contribution in [2.24, 2.45) is 5.92 Å². The number of sulfonamides is 1. The van der Waals surface area contributed by atoms with Crippen molar-refractivity contribution in [2.45, 2.75) is 63.5 Å². The molecule has 0 aliphatic heterocycles. The first-order valence-electron chi connectivity index (χ1n) is 8.66. The van der Waals surface area contributed by atoms with E-state index in [0.29, 0.717) is 28.6 Å². The smallest absolute Gasteiger partial charge is 0.216 e. The summed E-state index contributed by atoms with van der Waals surface area (Å²) in [7, 11) is -3.36. The van der Waals surface area contributed by atoms with Crippen LogP contribution in [0.4, 0.5) is 5.69 Å². The number of halogens is 2. The molecule has 1 aliphatic carbocycles. The SMILES string of the molecule is CC(C)(C)S(=O)(=O)NC1CCC(C(O)NNc2ccc(Cl)cc2Cl)CC1. The summed E-state index contributed by atoms with van der Waals surface area (Å²) in [5, 5.41) is 11.3. The summed E-state index contributed by atoms with van der Waals surface area (Å²) in [6.45, 7) is 5.05. The maximum absolute atomic E-state index is 12.2. The predicted octanol–water partition coefficient (Wildman–Crippen LogP) is 3.51. The standard InChI is InChI=1S/C17H27Cl2N3O3S/c1-17(2,3)26(24,25)22-13-7-4-11(5-8-13)16(23)21-20-15-9-6-12(18)10-14(15)19/h6,9-11,13,16,20-23H,4-5,7-8H2,1-3H3. The number of hydrogen-bond donors (Lipinski definition) is 4. The van der Waals surface area contributed by atoms with Crippen molar-refractivity contribution in [1.82, 2.24) is 10.1 Å². The van der Waals surface area contributed by atoms with Crippen LogP contribution in [-0.4, -0.2) is 30.5 Å². The number of anilines is 1. The second kappa shape index (κ2) is 8.63. The third kappa shape index (κ3) is 5.71. The van der Waals surface area contributed by atoms with Crippen molar-refractivity contribution in [2.75, 3.05) is 5.43 Å². The Balaban J connectivity index is 1.82. The van der Waals surface area contributed by atoms with Gasteiger partial charge < -0.3 is 10.5 Å². The highest BCUT2D eigenvalue weighted by Crippen LogP contribution is 2.29. The molecular weight excluding hydrogens is 397 g/mol. The summed E-state index contributed by atoms with van der Waals surface area (Å²) in [4.78, 5) is 0. The quantitative estimate of drug-likeness (QED) is 0.415. The van der Waals surface area contributed by atoms with Gasteiger partial charge in [-0.15, -0.1) is 0 Å². The molecule has 1 saturated carbocycles. The highest BCUT2D eigenvalue weighted by molar-refractivity contribution is 7.90. The fourth-order valence-corrected chi connectivity index (χ4v) is 4.29. The first-order valence-corrected chi connectivity index (χ1v) is 10.9. The molecule has 0 radical (unpaired) electrons. The first-order chi connectivity index (χ1) is 12.0. The van der Waals surface area contributed by atoms with Gasteiger partial charge in [0.2, 0.25) is 10.0 Å². The molecule has 26 heavy (non-hydrogen) atoms. The van der Waals surface area contributed by atoms with Crippen LogP contribution >= 0.6 is 23.2 Å². The molecular formula is C17H27Cl2N3O3S. The lowest BCUT2D eigenvalue weighted by molar-refractivity contribution is 0.0580. The van der Waals surface area contributed by atoms with Gasteiger partial charge in [-0.1, -0.05) is 23.2 Å². The molecule has 1 aromatic rings. The third-order valence-corrected chi connectivity index (χ3v) is 7.44. The lowest BCUT2D eigenvalue weighted by atomic mass is 9.85. The average molecular weight is 424 g/mol. The maximum Gasteiger partial charge on any atom is 0.216 e. The van der Waals surface area contributed by atoms with E-state index in [-0.39, 0.29) is 12.0 Å². The Bertz CT molecular complexity index is 714. The number of benzene rings is 1. The van der Waals surface area contributed by atoms with E-state index in [0.717, 1.165) is 12.8 Å². The van der Waals surface area contributed by atoms with Crippen molar-refractivity contribution < 1.29 is 13.5 Å². The molecule has 2 rings (SSSR count). The van der Waals surface area contributed by atoms with Crippen LogP contribution in [0.5, 0.6) is 0 Å². The zero-order chi connectivity index (χ0) is 19.5. The van der Waals surface area contributed by atoms with Crippen molar-refractivity contribution >= 4 is 38.9 Å². The Morgan fingerprint density at radius 1 is 1.15 bits per heavy atom. The van der Waals surface area contributed by atoms with Crippen LogP contribution < -0.4 is 15.6 Å². The van der Waals surface area contributed by atoms with Crippen molar-refractivity contribution in [3.05, 3.63) is 28.2 Å². The number of hydrazine groups is 1. The summed E-state index contributed by atoms with van der Waals surface area (Å²) >= 11 is 11.9.